The van der Waals surface area contributed by atoms with E-state index in [1.165, 1.54) is 0 Å². The molecule has 0 N–H and O–H groups in total. The van der Waals surface area contributed by atoms with E-state index in [1.54, 1.807) is 0 Å². The van der Waals surface area contributed by atoms with Crippen LogP contribution in [0.5, 0.6) is 0 Å². The summed E-state index contributed by atoms with van der Waals surface area (Å²) in [5, 5.41) is 0. The van der Waals surface area contributed by atoms with Crippen LogP contribution in [0, 0.1) is 6.92 Å². The SMILES string of the molecule is C=CCCCCCC(=O)c1ccccc1C. The van der Waals surface area contributed by atoms with Crippen LogP contribution in [0.2, 0.25) is 0 Å². The molecule has 0 aliphatic rings. The van der Waals surface area contributed by atoms with Crippen molar-refractivity contribution in [2.45, 2.75) is 39.0 Å². The molecule has 1 aromatic rings. The fraction of sp³-hybridized carbons (Fsp3) is 0.400. The van der Waals surface area contributed by atoms with Crippen LogP contribution in [0.3, 0.4) is 0 Å². The molecule has 0 amide bonds. The van der Waals surface area contributed by atoms with Gasteiger partial charge in [0.1, 0.15) is 0 Å². The first-order chi connectivity index (χ1) is 7.75. The summed E-state index contributed by atoms with van der Waals surface area (Å²) in [6, 6.07) is 7.81. The number of carbonyl (C=O) groups is 1. The Morgan fingerprint density at radius 1 is 1.25 bits per heavy atom. The first-order valence-corrected chi connectivity index (χ1v) is 5.95. The van der Waals surface area contributed by atoms with Gasteiger partial charge in [0.25, 0.3) is 0 Å². The number of rotatable bonds is 7. The van der Waals surface area contributed by atoms with Crippen molar-refractivity contribution in [1.82, 2.24) is 0 Å². The zero-order valence-electron chi connectivity index (χ0n) is 10.0. The lowest BCUT2D eigenvalue weighted by molar-refractivity contribution is 0.0978. The monoisotopic (exact) mass is 216 g/mol. The highest BCUT2D eigenvalue weighted by molar-refractivity contribution is 5.97. The van der Waals surface area contributed by atoms with E-state index in [4.69, 9.17) is 0 Å². The lowest BCUT2D eigenvalue weighted by Crippen LogP contribution is -2.01. The summed E-state index contributed by atoms with van der Waals surface area (Å²) >= 11 is 0. The van der Waals surface area contributed by atoms with E-state index in [2.05, 4.69) is 6.58 Å². The predicted molar refractivity (Wildman–Crippen MR) is 68.8 cm³/mol. The first kappa shape index (κ1) is 12.7. The number of hydrogen-bond acceptors (Lipinski definition) is 1. The van der Waals surface area contributed by atoms with Crippen molar-refractivity contribution in [2.75, 3.05) is 0 Å². The molecule has 86 valence electrons. The molecule has 0 saturated heterocycles. The van der Waals surface area contributed by atoms with Gasteiger partial charge in [-0.15, -0.1) is 6.58 Å². The number of aryl methyl sites for hydroxylation is 1. The van der Waals surface area contributed by atoms with E-state index in [-0.39, 0.29) is 5.78 Å². The molecule has 1 aromatic carbocycles. The minimum Gasteiger partial charge on any atom is -0.294 e. The smallest absolute Gasteiger partial charge is 0.163 e. The largest absolute Gasteiger partial charge is 0.294 e. The Labute approximate surface area is 98.2 Å². The zero-order valence-corrected chi connectivity index (χ0v) is 10.0. The van der Waals surface area contributed by atoms with Gasteiger partial charge in [-0.3, -0.25) is 4.79 Å². The molecule has 0 aliphatic carbocycles. The summed E-state index contributed by atoms with van der Waals surface area (Å²) in [6.07, 6.45) is 6.90. The van der Waals surface area contributed by atoms with Crippen molar-refractivity contribution >= 4 is 5.78 Å². The molecule has 0 unspecified atom stereocenters. The lowest BCUT2D eigenvalue weighted by atomic mass is 10.0. The third kappa shape index (κ3) is 4.01. The van der Waals surface area contributed by atoms with Crippen LogP contribution in [0.25, 0.3) is 0 Å². The molecule has 0 bridgehead atoms. The van der Waals surface area contributed by atoms with Crippen LogP contribution in [0.4, 0.5) is 0 Å². The molecule has 0 heterocycles. The molecule has 1 nitrogen and oxygen atoms in total. The molecule has 0 aromatic heterocycles. The number of unbranched alkanes of at least 4 members (excludes halogenated alkanes) is 3. The summed E-state index contributed by atoms with van der Waals surface area (Å²) in [5.41, 5.74) is 1.96. The molecular formula is C15H20O. The first-order valence-electron chi connectivity index (χ1n) is 5.95. The van der Waals surface area contributed by atoms with Gasteiger partial charge < -0.3 is 0 Å². The van der Waals surface area contributed by atoms with E-state index in [0.29, 0.717) is 6.42 Å². The van der Waals surface area contributed by atoms with Crippen LogP contribution in [0.1, 0.15) is 48.0 Å². The summed E-state index contributed by atoms with van der Waals surface area (Å²) in [4.78, 5) is 11.9. The molecule has 0 spiro atoms. The van der Waals surface area contributed by atoms with E-state index in [0.717, 1.165) is 36.8 Å². The van der Waals surface area contributed by atoms with Crippen LogP contribution in [0.15, 0.2) is 36.9 Å². The van der Waals surface area contributed by atoms with Crippen molar-refractivity contribution in [3.05, 3.63) is 48.0 Å². The van der Waals surface area contributed by atoms with Gasteiger partial charge >= 0.3 is 0 Å². The van der Waals surface area contributed by atoms with Crippen molar-refractivity contribution < 1.29 is 4.79 Å². The molecule has 0 aliphatic heterocycles. The van der Waals surface area contributed by atoms with E-state index < -0.39 is 0 Å². The quantitative estimate of drug-likeness (QED) is 0.377. The average Bonchev–Trinajstić information content (AvgIpc) is 2.29. The maximum absolute atomic E-state index is 11.9. The van der Waals surface area contributed by atoms with E-state index in [1.807, 2.05) is 37.3 Å². The Bertz CT molecular complexity index is 352. The molecule has 1 heteroatoms. The second kappa shape index (κ2) is 7.00. The maximum Gasteiger partial charge on any atom is 0.163 e. The number of hydrogen-bond donors (Lipinski definition) is 0. The van der Waals surface area contributed by atoms with Crippen LogP contribution in [-0.4, -0.2) is 5.78 Å². The Hall–Kier alpha value is -1.37. The zero-order chi connectivity index (χ0) is 11.8. The van der Waals surface area contributed by atoms with Gasteiger partial charge in [-0.2, -0.15) is 0 Å². The number of ketones is 1. The topological polar surface area (TPSA) is 17.1 Å². The molecule has 16 heavy (non-hydrogen) atoms. The second-order valence-electron chi connectivity index (χ2n) is 4.13. The normalized spacial score (nSPS) is 10.1. The fourth-order valence-corrected chi connectivity index (χ4v) is 1.77. The second-order valence-corrected chi connectivity index (χ2v) is 4.13. The van der Waals surface area contributed by atoms with Gasteiger partial charge in [-0.25, -0.2) is 0 Å². The molecular weight excluding hydrogens is 196 g/mol. The maximum atomic E-state index is 11.9. The number of benzene rings is 1. The highest BCUT2D eigenvalue weighted by atomic mass is 16.1. The molecule has 0 fully saturated rings. The summed E-state index contributed by atoms with van der Waals surface area (Å²) in [6.45, 7) is 5.68. The molecule has 0 saturated carbocycles. The van der Waals surface area contributed by atoms with Gasteiger partial charge in [-0.05, 0) is 31.7 Å². The molecule has 0 atom stereocenters. The third-order valence-electron chi connectivity index (χ3n) is 2.76. The molecule has 0 radical (unpaired) electrons. The van der Waals surface area contributed by atoms with Crippen LogP contribution < -0.4 is 0 Å². The lowest BCUT2D eigenvalue weighted by Gasteiger charge is -2.04. The van der Waals surface area contributed by atoms with Crippen LogP contribution >= 0.6 is 0 Å². The van der Waals surface area contributed by atoms with Gasteiger partial charge in [0.15, 0.2) is 5.78 Å². The Kier molecular flexibility index (Phi) is 5.55. The van der Waals surface area contributed by atoms with Crippen molar-refractivity contribution in [2.24, 2.45) is 0 Å². The summed E-state index contributed by atoms with van der Waals surface area (Å²) in [7, 11) is 0. The molecule has 1 rings (SSSR count). The number of carbonyl (C=O) groups excluding carboxylic acids is 1. The van der Waals surface area contributed by atoms with Crippen LogP contribution in [-0.2, 0) is 0 Å². The van der Waals surface area contributed by atoms with Crippen molar-refractivity contribution in [3.8, 4) is 0 Å². The summed E-state index contributed by atoms with van der Waals surface area (Å²) in [5.74, 6) is 0.275. The third-order valence-corrected chi connectivity index (χ3v) is 2.76. The Morgan fingerprint density at radius 3 is 2.69 bits per heavy atom. The minimum absolute atomic E-state index is 0.275. The fourth-order valence-electron chi connectivity index (χ4n) is 1.77. The standard InChI is InChI=1S/C15H20O/c1-3-4-5-6-7-12-15(16)14-11-9-8-10-13(14)2/h3,8-11H,1,4-7,12H2,2H3. The average molecular weight is 216 g/mol. The van der Waals surface area contributed by atoms with Gasteiger partial charge in [-0.1, -0.05) is 36.8 Å². The van der Waals surface area contributed by atoms with Crippen molar-refractivity contribution in [1.29, 1.82) is 0 Å². The highest BCUT2D eigenvalue weighted by Crippen LogP contribution is 2.12. The van der Waals surface area contributed by atoms with E-state index >= 15 is 0 Å². The highest BCUT2D eigenvalue weighted by Gasteiger charge is 2.07. The Balaban J connectivity index is 2.36. The predicted octanol–water partition coefficient (Wildman–Crippen LogP) is 4.31. The summed E-state index contributed by atoms with van der Waals surface area (Å²) < 4.78 is 0. The Morgan fingerprint density at radius 2 is 2.00 bits per heavy atom. The number of allylic oxidation sites excluding steroid dienone is 1. The van der Waals surface area contributed by atoms with Gasteiger partial charge in [0.05, 0.1) is 0 Å². The minimum atomic E-state index is 0.275. The van der Waals surface area contributed by atoms with Gasteiger partial charge in [0.2, 0.25) is 0 Å². The number of Topliss-reactive ketones (excluding diaryl/α,β-unsaturated/α-hetero) is 1. The van der Waals surface area contributed by atoms with Gasteiger partial charge in [0, 0.05) is 12.0 Å². The van der Waals surface area contributed by atoms with Crippen molar-refractivity contribution in [3.63, 3.8) is 0 Å². The van der Waals surface area contributed by atoms with E-state index in [9.17, 15) is 4.79 Å².